The number of ether oxygens (including phenoxy) is 2. The van der Waals surface area contributed by atoms with Gasteiger partial charge in [0.1, 0.15) is 17.6 Å². The Labute approximate surface area is 133 Å². The van der Waals surface area contributed by atoms with E-state index in [-0.39, 0.29) is 12.1 Å². The summed E-state index contributed by atoms with van der Waals surface area (Å²) >= 11 is 3.48. The summed E-state index contributed by atoms with van der Waals surface area (Å²) in [5.74, 6) is 1.75. The predicted octanol–water partition coefficient (Wildman–Crippen LogP) is 4.37. The Morgan fingerprint density at radius 1 is 1.24 bits per heavy atom. The van der Waals surface area contributed by atoms with Crippen LogP contribution in [0.1, 0.15) is 36.6 Å². The Morgan fingerprint density at radius 2 is 2.00 bits per heavy atom. The molecule has 2 N–H and O–H groups in total. The fourth-order valence-electron chi connectivity index (χ4n) is 2.62. The fraction of sp³-hybridized carbons (Fsp3) is 0.294. The van der Waals surface area contributed by atoms with E-state index in [9.17, 15) is 0 Å². The van der Waals surface area contributed by atoms with Gasteiger partial charge >= 0.3 is 0 Å². The zero-order chi connectivity index (χ0) is 14.8. The molecule has 110 valence electrons. The number of hydrogen-bond acceptors (Lipinski definition) is 3. The summed E-state index contributed by atoms with van der Waals surface area (Å²) in [6, 6.07) is 14.0. The van der Waals surface area contributed by atoms with Crippen LogP contribution < -0.4 is 15.2 Å². The SMILES string of the molecule is CCOc1ccc(C2C[C@@H](N)c3cc(Br)ccc3O2)cc1. The van der Waals surface area contributed by atoms with Crippen molar-refractivity contribution in [2.75, 3.05) is 6.61 Å². The second kappa shape index (κ2) is 6.08. The van der Waals surface area contributed by atoms with Crippen LogP contribution in [-0.4, -0.2) is 6.61 Å². The monoisotopic (exact) mass is 347 g/mol. The Kier molecular flexibility index (Phi) is 4.17. The minimum atomic E-state index is -0.0113. The third kappa shape index (κ3) is 3.06. The smallest absolute Gasteiger partial charge is 0.126 e. The zero-order valence-corrected chi connectivity index (χ0v) is 13.5. The quantitative estimate of drug-likeness (QED) is 0.896. The number of halogens is 1. The summed E-state index contributed by atoms with van der Waals surface area (Å²) in [4.78, 5) is 0. The molecule has 0 spiro atoms. The Balaban J connectivity index is 1.83. The van der Waals surface area contributed by atoms with E-state index < -0.39 is 0 Å². The van der Waals surface area contributed by atoms with Crippen LogP contribution in [0.15, 0.2) is 46.9 Å². The molecule has 2 atom stereocenters. The van der Waals surface area contributed by atoms with Gasteiger partial charge in [-0.25, -0.2) is 0 Å². The van der Waals surface area contributed by atoms with Crippen LogP contribution in [0.2, 0.25) is 0 Å². The molecule has 3 nitrogen and oxygen atoms in total. The van der Waals surface area contributed by atoms with Crippen molar-refractivity contribution >= 4 is 15.9 Å². The lowest BCUT2D eigenvalue weighted by Gasteiger charge is -2.30. The summed E-state index contributed by atoms with van der Waals surface area (Å²) in [6.45, 7) is 2.65. The number of benzene rings is 2. The van der Waals surface area contributed by atoms with Gasteiger partial charge in [-0.2, -0.15) is 0 Å². The van der Waals surface area contributed by atoms with Crippen molar-refractivity contribution in [2.45, 2.75) is 25.5 Å². The average Bonchev–Trinajstić information content (AvgIpc) is 2.49. The molecule has 1 aliphatic heterocycles. The lowest BCUT2D eigenvalue weighted by atomic mass is 9.93. The molecule has 1 unspecified atom stereocenters. The summed E-state index contributed by atoms with van der Waals surface area (Å²) in [5, 5.41) is 0. The second-order valence-corrected chi connectivity index (χ2v) is 6.05. The minimum absolute atomic E-state index is 0.00986. The molecule has 0 saturated heterocycles. The highest BCUT2D eigenvalue weighted by molar-refractivity contribution is 9.10. The molecular weight excluding hydrogens is 330 g/mol. The standard InChI is InChI=1S/C17H18BrNO2/c1-2-20-13-6-3-11(4-7-13)17-10-15(19)14-9-12(18)5-8-16(14)21-17/h3-9,15,17H,2,10,19H2,1H3/t15-,17?/m1/s1. The van der Waals surface area contributed by atoms with Gasteiger partial charge in [0.15, 0.2) is 0 Å². The van der Waals surface area contributed by atoms with Gasteiger partial charge < -0.3 is 15.2 Å². The summed E-state index contributed by atoms with van der Waals surface area (Å²) in [5.41, 5.74) is 8.48. The topological polar surface area (TPSA) is 44.5 Å². The molecule has 0 amide bonds. The van der Waals surface area contributed by atoms with Crippen molar-refractivity contribution in [3.8, 4) is 11.5 Å². The zero-order valence-electron chi connectivity index (χ0n) is 11.9. The van der Waals surface area contributed by atoms with Crippen LogP contribution in [0.5, 0.6) is 11.5 Å². The number of fused-ring (bicyclic) bond motifs is 1. The maximum absolute atomic E-state index is 6.30. The lowest BCUT2D eigenvalue weighted by Crippen LogP contribution is -2.24. The van der Waals surface area contributed by atoms with E-state index in [2.05, 4.69) is 15.9 Å². The molecule has 2 aromatic carbocycles. The molecule has 0 saturated carbocycles. The third-order valence-electron chi connectivity index (χ3n) is 3.67. The molecule has 0 radical (unpaired) electrons. The van der Waals surface area contributed by atoms with Crippen molar-refractivity contribution < 1.29 is 9.47 Å². The van der Waals surface area contributed by atoms with Gasteiger partial charge in [-0.15, -0.1) is 0 Å². The summed E-state index contributed by atoms with van der Waals surface area (Å²) < 4.78 is 12.6. The Bertz CT molecular complexity index is 627. The number of hydrogen-bond donors (Lipinski definition) is 1. The normalized spacial score (nSPS) is 20.5. The minimum Gasteiger partial charge on any atom is -0.494 e. The van der Waals surface area contributed by atoms with E-state index in [0.717, 1.165) is 33.5 Å². The van der Waals surface area contributed by atoms with Gasteiger partial charge in [0.05, 0.1) is 6.61 Å². The van der Waals surface area contributed by atoms with Crippen LogP contribution in [0, 0.1) is 0 Å². The second-order valence-electron chi connectivity index (χ2n) is 5.13. The largest absolute Gasteiger partial charge is 0.494 e. The van der Waals surface area contributed by atoms with Gasteiger partial charge in [-0.3, -0.25) is 0 Å². The van der Waals surface area contributed by atoms with Crippen molar-refractivity contribution in [2.24, 2.45) is 5.73 Å². The number of nitrogens with two attached hydrogens (primary N) is 1. The first-order valence-electron chi connectivity index (χ1n) is 7.12. The van der Waals surface area contributed by atoms with E-state index in [1.165, 1.54) is 0 Å². The molecule has 0 bridgehead atoms. The first-order chi connectivity index (χ1) is 10.2. The van der Waals surface area contributed by atoms with Crippen LogP contribution in [0.4, 0.5) is 0 Å². The van der Waals surface area contributed by atoms with Crippen LogP contribution in [-0.2, 0) is 0 Å². The van der Waals surface area contributed by atoms with Crippen molar-refractivity contribution in [1.29, 1.82) is 0 Å². The van der Waals surface area contributed by atoms with Gasteiger partial charge in [0.2, 0.25) is 0 Å². The average molecular weight is 348 g/mol. The van der Waals surface area contributed by atoms with Gasteiger partial charge in [-0.05, 0) is 42.8 Å². The fourth-order valence-corrected chi connectivity index (χ4v) is 3.00. The first kappa shape index (κ1) is 14.4. The molecule has 4 heteroatoms. The van der Waals surface area contributed by atoms with Crippen molar-refractivity contribution in [3.63, 3.8) is 0 Å². The highest BCUT2D eigenvalue weighted by Crippen LogP contribution is 2.40. The van der Waals surface area contributed by atoms with Crippen LogP contribution in [0.25, 0.3) is 0 Å². The third-order valence-corrected chi connectivity index (χ3v) is 4.16. The number of rotatable bonds is 3. The molecule has 1 heterocycles. The lowest BCUT2D eigenvalue weighted by molar-refractivity contribution is 0.161. The van der Waals surface area contributed by atoms with E-state index in [1.54, 1.807) is 0 Å². The van der Waals surface area contributed by atoms with Gasteiger partial charge in [0.25, 0.3) is 0 Å². The van der Waals surface area contributed by atoms with E-state index in [0.29, 0.717) is 6.61 Å². The van der Waals surface area contributed by atoms with E-state index in [4.69, 9.17) is 15.2 Å². The maximum atomic E-state index is 6.30. The van der Waals surface area contributed by atoms with E-state index >= 15 is 0 Å². The van der Waals surface area contributed by atoms with E-state index in [1.807, 2.05) is 49.4 Å². The van der Waals surface area contributed by atoms with Gasteiger partial charge in [0, 0.05) is 22.5 Å². The molecule has 1 aliphatic rings. The molecule has 0 fully saturated rings. The first-order valence-corrected chi connectivity index (χ1v) is 7.91. The highest BCUT2D eigenvalue weighted by Gasteiger charge is 2.27. The Hall–Kier alpha value is -1.52. The molecule has 21 heavy (non-hydrogen) atoms. The maximum Gasteiger partial charge on any atom is 0.126 e. The Morgan fingerprint density at radius 3 is 2.71 bits per heavy atom. The van der Waals surface area contributed by atoms with Crippen LogP contribution in [0.3, 0.4) is 0 Å². The molecule has 0 aromatic heterocycles. The highest BCUT2D eigenvalue weighted by atomic mass is 79.9. The summed E-state index contributed by atoms with van der Waals surface area (Å²) in [6.07, 6.45) is 0.765. The predicted molar refractivity (Wildman–Crippen MR) is 86.7 cm³/mol. The van der Waals surface area contributed by atoms with Crippen LogP contribution >= 0.6 is 15.9 Å². The van der Waals surface area contributed by atoms with Gasteiger partial charge in [-0.1, -0.05) is 28.1 Å². The molecule has 0 aliphatic carbocycles. The van der Waals surface area contributed by atoms with Crippen molar-refractivity contribution in [1.82, 2.24) is 0 Å². The van der Waals surface area contributed by atoms with Crippen molar-refractivity contribution in [3.05, 3.63) is 58.1 Å². The molecule has 3 rings (SSSR count). The summed E-state index contributed by atoms with van der Waals surface area (Å²) in [7, 11) is 0. The molecule has 2 aromatic rings. The molecular formula is C17H18BrNO2.